The largest absolute Gasteiger partial charge is 0.488 e. The van der Waals surface area contributed by atoms with E-state index in [1.54, 1.807) is 11.9 Å². The lowest BCUT2D eigenvalue weighted by Gasteiger charge is -2.10. The van der Waals surface area contributed by atoms with Gasteiger partial charge in [0.1, 0.15) is 11.9 Å². The molecule has 2 nitrogen and oxygen atoms in total. The molecule has 1 aromatic carbocycles. The van der Waals surface area contributed by atoms with E-state index in [-0.39, 0.29) is 6.10 Å². The quantitative estimate of drug-likeness (QED) is 0.619. The van der Waals surface area contributed by atoms with Crippen molar-refractivity contribution < 1.29 is 4.74 Å². The van der Waals surface area contributed by atoms with Crippen LogP contribution in [0.3, 0.4) is 0 Å². The zero-order valence-corrected chi connectivity index (χ0v) is 7.73. The molecule has 1 aliphatic heterocycles. The molecule has 1 atom stereocenters. The summed E-state index contributed by atoms with van der Waals surface area (Å²) in [4.78, 5) is 1.17. The van der Waals surface area contributed by atoms with Crippen molar-refractivity contribution in [3.63, 3.8) is 0 Å². The summed E-state index contributed by atoms with van der Waals surface area (Å²) in [6.07, 6.45) is 0.251. The molecule has 64 valence electrons. The van der Waals surface area contributed by atoms with Gasteiger partial charge in [0.05, 0.1) is 4.90 Å². The zero-order valence-electron chi connectivity index (χ0n) is 6.91. The maximum atomic E-state index is 5.67. The number of hydrogen-bond acceptors (Lipinski definition) is 3. The summed E-state index contributed by atoms with van der Waals surface area (Å²) in [5.41, 5.74) is 0. The zero-order chi connectivity index (χ0) is 8.39. The third kappa shape index (κ3) is 1.57. The second kappa shape index (κ2) is 3.37. The Morgan fingerprint density at radius 2 is 2.33 bits per heavy atom. The van der Waals surface area contributed by atoms with Crippen LogP contribution in [-0.4, -0.2) is 12.6 Å². The van der Waals surface area contributed by atoms with Gasteiger partial charge >= 0.3 is 0 Å². The molecular formula is C9H11NOS. The second-order valence-corrected chi connectivity index (χ2v) is 3.76. The number of nitrogens with one attached hydrogen (secondary N) is 1. The van der Waals surface area contributed by atoms with Gasteiger partial charge in [-0.3, -0.25) is 4.72 Å². The number of hydrogen-bond donors (Lipinski definition) is 1. The van der Waals surface area contributed by atoms with Crippen LogP contribution in [0.5, 0.6) is 5.75 Å². The molecule has 1 N–H and O–H groups in total. The monoisotopic (exact) mass is 181 g/mol. The summed E-state index contributed by atoms with van der Waals surface area (Å²) < 4.78 is 8.92. The van der Waals surface area contributed by atoms with E-state index in [2.05, 4.69) is 17.7 Å². The van der Waals surface area contributed by atoms with Gasteiger partial charge in [-0.1, -0.05) is 12.1 Å². The van der Waals surface area contributed by atoms with Crippen LogP contribution in [0.2, 0.25) is 0 Å². The average molecular weight is 181 g/mol. The number of benzene rings is 1. The Bertz CT molecular complexity index is 277. The fourth-order valence-corrected chi connectivity index (χ4v) is 1.96. The van der Waals surface area contributed by atoms with Crippen LogP contribution in [0.1, 0.15) is 6.92 Å². The minimum absolute atomic E-state index is 0.251. The molecule has 0 aliphatic carbocycles. The highest BCUT2D eigenvalue weighted by atomic mass is 32.2. The lowest BCUT2D eigenvalue weighted by Crippen LogP contribution is -2.22. The van der Waals surface area contributed by atoms with Crippen molar-refractivity contribution in [3.05, 3.63) is 24.3 Å². The van der Waals surface area contributed by atoms with Crippen molar-refractivity contribution in [1.82, 2.24) is 4.72 Å². The molecule has 1 aromatic rings. The third-order valence-corrected chi connectivity index (χ3v) is 2.60. The van der Waals surface area contributed by atoms with Crippen molar-refractivity contribution in [1.29, 1.82) is 0 Å². The molecule has 1 aliphatic rings. The van der Waals surface area contributed by atoms with E-state index < -0.39 is 0 Å². The summed E-state index contributed by atoms with van der Waals surface area (Å²) in [5.74, 6) is 0.986. The van der Waals surface area contributed by atoms with Crippen molar-refractivity contribution >= 4 is 11.9 Å². The number of rotatable bonds is 0. The van der Waals surface area contributed by atoms with Crippen LogP contribution < -0.4 is 9.46 Å². The molecule has 0 amide bonds. The van der Waals surface area contributed by atoms with Gasteiger partial charge in [0.2, 0.25) is 0 Å². The van der Waals surface area contributed by atoms with Gasteiger partial charge in [-0.15, -0.1) is 0 Å². The molecule has 0 saturated heterocycles. The van der Waals surface area contributed by atoms with Crippen LogP contribution in [0.4, 0.5) is 0 Å². The number of fused-ring (bicyclic) bond motifs is 1. The first-order chi connectivity index (χ1) is 5.86. The topological polar surface area (TPSA) is 21.3 Å². The number of para-hydroxylation sites is 1. The Labute approximate surface area is 76.4 Å². The molecular weight excluding hydrogens is 170 g/mol. The van der Waals surface area contributed by atoms with E-state index in [1.165, 1.54) is 4.90 Å². The highest BCUT2D eigenvalue weighted by Gasteiger charge is 2.12. The molecule has 0 unspecified atom stereocenters. The highest BCUT2D eigenvalue weighted by Crippen LogP contribution is 2.29. The van der Waals surface area contributed by atoms with Crippen LogP contribution >= 0.6 is 11.9 Å². The molecule has 0 radical (unpaired) electrons. The lowest BCUT2D eigenvalue weighted by atomic mass is 10.3. The van der Waals surface area contributed by atoms with Gasteiger partial charge in [-0.05, 0) is 31.0 Å². The van der Waals surface area contributed by atoms with Crippen molar-refractivity contribution in [3.8, 4) is 5.75 Å². The van der Waals surface area contributed by atoms with Crippen molar-refractivity contribution in [2.24, 2.45) is 0 Å². The maximum Gasteiger partial charge on any atom is 0.134 e. The normalized spacial score (nSPS) is 22.2. The summed E-state index contributed by atoms with van der Waals surface area (Å²) in [6.45, 7) is 2.95. The Kier molecular flexibility index (Phi) is 2.23. The fraction of sp³-hybridized carbons (Fsp3) is 0.333. The highest BCUT2D eigenvalue weighted by molar-refractivity contribution is 7.97. The van der Waals surface area contributed by atoms with Gasteiger partial charge in [0, 0.05) is 6.54 Å². The first kappa shape index (κ1) is 7.95. The molecule has 12 heavy (non-hydrogen) atoms. The summed E-state index contributed by atoms with van der Waals surface area (Å²) in [6, 6.07) is 8.08. The van der Waals surface area contributed by atoms with Crippen molar-refractivity contribution in [2.45, 2.75) is 17.9 Å². The van der Waals surface area contributed by atoms with Gasteiger partial charge < -0.3 is 4.74 Å². The van der Waals surface area contributed by atoms with E-state index in [0.717, 1.165) is 12.3 Å². The summed E-state index contributed by atoms with van der Waals surface area (Å²) >= 11 is 1.64. The SMILES string of the molecule is C[C@@H]1CNSc2ccccc2O1. The van der Waals surface area contributed by atoms with E-state index >= 15 is 0 Å². The van der Waals surface area contributed by atoms with Gasteiger partial charge in [0.25, 0.3) is 0 Å². The average Bonchev–Trinajstić information content (AvgIpc) is 2.25. The standard InChI is InChI=1S/C9H11NOS/c1-7-6-10-12-9-5-3-2-4-8(9)11-7/h2-5,7,10H,6H2,1H3/t7-/m1/s1. The summed E-state index contributed by atoms with van der Waals surface area (Å²) in [7, 11) is 0. The third-order valence-electron chi connectivity index (χ3n) is 1.73. The molecule has 0 saturated carbocycles. The second-order valence-electron chi connectivity index (χ2n) is 2.83. The Hall–Kier alpha value is -0.670. The molecule has 2 rings (SSSR count). The van der Waals surface area contributed by atoms with E-state index in [9.17, 15) is 0 Å². The molecule has 0 bridgehead atoms. The molecule has 1 heterocycles. The molecule has 0 fully saturated rings. The van der Waals surface area contributed by atoms with E-state index in [4.69, 9.17) is 4.74 Å². The molecule has 0 aromatic heterocycles. The Morgan fingerprint density at radius 3 is 3.25 bits per heavy atom. The van der Waals surface area contributed by atoms with E-state index in [0.29, 0.717) is 0 Å². The van der Waals surface area contributed by atoms with Crippen LogP contribution in [0.25, 0.3) is 0 Å². The Balaban J connectivity index is 2.31. The van der Waals surface area contributed by atoms with Crippen LogP contribution in [0, 0.1) is 0 Å². The Morgan fingerprint density at radius 1 is 1.50 bits per heavy atom. The van der Waals surface area contributed by atoms with Crippen molar-refractivity contribution in [2.75, 3.05) is 6.54 Å². The molecule has 3 heteroatoms. The fourth-order valence-electron chi connectivity index (χ4n) is 1.13. The minimum Gasteiger partial charge on any atom is -0.488 e. The lowest BCUT2D eigenvalue weighted by molar-refractivity contribution is 0.224. The van der Waals surface area contributed by atoms with E-state index in [1.807, 2.05) is 18.2 Å². The maximum absolute atomic E-state index is 5.67. The first-order valence-corrected chi connectivity index (χ1v) is 4.83. The predicted molar refractivity (Wildman–Crippen MR) is 50.4 cm³/mol. The van der Waals surface area contributed by atoms with Crippen LogP contribution in [-0.2, 0) is 0 Å². The smallest absolute Gasteiger partial charge is 0.134 e. The minimum atomic E-state index is 0.251. The summed E-state index contributed by atoms with van der Waals surface area (Å²) in [5, 5.41) is 0. The predicted octanol–water partition coefficient (Wildman–Crippen LogP) is 2.06. The first-order valence-electron chi connectivity index (χ1n) is 4.01. The van der Waals surface area contributed by atoms with Gasteiger partial charge in [-0.25, -0.2) is 0 Å². The van der Waals surface area contributed by atoms with Crippen LogP contribution in [0.15, 0.2) is 29.2 Å². The van der Waals surface area contributed by atoms with Gasteiger partial charge in [0.15, 0.2) is 0 Å². The number of ether oxygens (including phenoxy) is 1. The molecule has 0 spiro atoms. The van der Waals surface area contributed by atoms with Gasteiger partial charge in [-0.2, -0.15) is 0 Å².